The van der Waals surface area contributed by atoms with E-state index in [4.69, 9.17) is 60.6 Å². The fraction of sp³-hybridized carbons (Fsp3) is 0.222. The van der Waals surface area contributed by atoms with Crippen LogP contribution in [0.25, 0.3) is 16.7 Å². The number of halogens is 4. The minimum absolute atomic E-state index is 0.0730. The number of hydrogen-bond acceptors (Lipinski definition) is 4. The van der Waals surface area contributed by atoms with Crippen molar-refractivity contribution in [3.8, 4) is 16.9 Å². The van der Waals surface area contributed by atoms with Gasteiger partial charge in [-0.25, -0.2) is 4.79 Å². The number of alkyl halides is 2. The molecule has 0 aliphatic carbocycles. The maximum atomic E-state index is 12.9. The molecule has 184 valence electrons. The molecule has 8 heteroatoms. The first-order chi connectivity index (χ1) is 16.7. The average Bonchev–Trinajstić information content (AvgIpc) is 3.04. The van der Waals surface area contributed by atoms with Crippen LogP contribution < -0.4 is 4.74 Å². The highest BCUT2D eigenvalue weighted by atomic mass is 35.5. The summed E-state index contributed by atoms with van der Waals surface area (Å²) in [6.07, 6.45) is 0. The first-order valence-electron chi connectivity index (χ1n) is 10.6. The van der Waals surface area contributed by atoms with Gasteiger partial charge in [0.2, 0.25) is 6.79 Å². The van der Waals surface area contributed by atoms with Crippen molar-refractivity contribution in [1.82, 2.24) is 0 Å². The molecular formula is C27H24Cl4O4. The number of rotatable bonds is 6. The Kier molecular flexibility index (Phi) is 9.37. The van der Waals surface area contributed by atoms with Crippen molar-refractivity contribution < 1.29 is 19.0 Å². The lowest BCUT2D eigenvalue weighted by Crippen LogP contribution is -2.25. The fourth-order valence-corrected chi connectivity index (χ4v) is 3.85. The largest absolute Gasteiger partial charge is 0.458 e. The summed E-state index contributed by atoms with van der Waals surface area (Å²) in [5, 5.41) is 1.48. The van der Waals surface area contributed by atoms with E-state index in [1.165, 1.54) is 0 Å². The van der Waals surface area contributed by atoms with Crippen LogP contribution in [0.5, 0.6) is 5.75 Å². The molecule has 4 nitrogen and oxygen atoms in total. The first-order valence-corrected chi connectivity index (χ1v) is 12.5. The zero-order valence-electron chi connectivity index (χ0n) is 19.4. The number of aryl methyl sites for hydroxylation is 1. The Hall–Kier alpha value is -2.37. The third-order valence-electron chi connectivity index (χ3n) is 5.25. The third-order valence-corrected chi connectivity index (χ3v) is 5.76. The highest BCUT2D eigenvalue weighted by Crippen LogP contribution is 2.40. The SMILES string of the molecule is Cc1ccc(-c2ccc(Cl)cc2)cc1C1=C(OCOc2ccc(Cl)cc2)C(C)(C)OC1=O.ClCCl. The van der Waals surface area contributed by atoms with Gasteiger partial charge in [-0.1, -0.05) is 47.5 Å². The second kappa shape index (κ2) is 12.0. The predicted molar refractivity (Wildman–Crippen MR) is 143 cm³/mol. The molecule has 0 atom stereocenters. The number of ether oxygens (including phenoxy) is 3. The fourth-order valence-electron chi connectivity index (χ4n) is 3.60. The van der Waals surface area contributed by atoms with Crippen LogP contribution in [-0.4, -0.2) is 23.7 Å². The molecule has 3 aromatic rings. The van der Waals surface area contributed by atoms with Crippen molar-refractivity contribution in [3.05, 3.63) is 93.7 Å². The molecule has 0 N–H and O–H groups in total. The molecule has 0 bridgehead atoms. The van der Waals surface area contributed by atoms with Crippen molar-refractivity contribution in [2.24, 2.45) is 0 Å². The summed E-state index contributed by atoms with van der Waals surface area (Å²) in [5.74, 6) is 0.626. The van der Waals surface area contributed by atoms with Crippen LogP contribution in [0.1, 0.15) is 25.0 Å². The van der Waals surface area contributed by atoms with E-state index in [0.29, 0.717) is 27.1 Å². The van der Waals surface area contributed by atoms with Crippen LogP contribution in [0.2, 0.25) is 10.0 Å². The van der Waals surface area contributed by atoms with Gasteiger partial charge in [0.15, 0.2) is 11.4 Å². The highest BCUT2D eigenvalue weighted by Gasteiger charge is 2.43. The standard InChI is InChI=1S/C26H22Cl2O4.CH2Cl2/c1-16-4-5-18(17-6-8-19(27)9-7-17)14-22(16)23-24(26(2,3)32-25(23)29)31-15-30-21-12-10-20(28)11-13-21;2-1-3/h4-14H,15H2,1-3H3;1H2. The van der Waals surface area contributed by atoms with E-state index >= 15 is 0 Å². The molecule has 0 saturated heterocycles. The van der Waals surface area contributed by atoms with Gasteiger partial charge in [-0.3, -0.25) is 0 Å². The van der Waals surface area contributed by atoms with Gasteiger partial charge in [-0.05, 0) is 85.5 Å². The van der Waals surface area contributed by atoms with E-state index < -0.39 is 11.6 Å². The Balaban J connectivity index is 0.00000108. The molecule has 1 aliphatic rings. The summed E-state index contributed by atoms with van der Waals surface area (Å²) in [4.78, 5) is 12.9. The molecule has 0 radical (unpaired) electrons. The minimum atomic E-state index is -0.918. The Bertz CT molecular complexity index is 1200. The summed E-state index contributed by atoms with van der Waals surface area (Å²) in [6, 6.07) is 20.5. The van der Waals surface area contributed by atoms with E-state index in [1.807, 2.05) is 49.4 Å². The molecule has 0 fully saturated rings. The Morgan fingerprint density at radius 3 is 1.97 bits per heavy atom. The van der Waals surface area contributed by atoms with Crippen molar-refractivity contribution in [3.63, 3.8) is 0 Å². The molecule has 0 saturated carbocycles. The second-order valence-corrected chi connectivity index (χ2v) is 9.78. The van der Waals surface area contributed by atoms with Crippen molar-refractivity contribution in [2.45, 2.75) is 26.4 Å². The lowest BCUT2D eigenvalue weighted by atomic mass is 9.93. The van der Waals surface area contributed by atoms with Crippen molar-refractivity contribution in [1.29, 1.82) is 0 Å². The summed E-state index contributed by atoms with van der Waals surface area (Å²) in [6.45, 7) is 5.48. The lowest BCUT2D eigenvalue weighted by Gasteiger charge is -2.21. The molecule has 1 heterocycles. The lowest BCUT2D eigenvalue weighted by molar-refractivity contribution is -0.145. The quantitative estimate of drug-likeness (QED) is 0.174. The van der Waals surface area contributed by atoms with Crippen LogP contribution in [0.4, 0.5) is 0 Å². The molecule has 0 spiro atoms. The minimum Gasteiger partial charge on any atom is -0.458 e. The van der Waals surface area contributed by atoms with E-state index in [2.05, 4.69) is 0 Å². The topological polar surface area (TPSA) is 44.8 Å². The number of benzene rings is 3. The van der Waals surface area contributed by atoms with E-state index in [-0.39, 0.29) is 12.1 Å². The van der Waals surface area contributed by atoms with Gasteiger partial charge in [0, 0.05) is 10.0 Å². The summed E-state index contributed by atoms with van der Waals surface area (Å²) in [7, 11) is 0. The molecule has 0 amide bonds. The molecule has 1 aliphatic heterocycles. The average molecular weight is 554 g/mol. The second-order valence-electron chi connectivity index (χ2n) is 8.10. The van der Waals surface area contributed by atoms with Gasteiger partial charge in [-0.2, -0.15) is 0 Å². The number of cyclic esters (lactones) is 1. The maximum absolute atomic E-state index is 12.9. The summed E-state index contributed by atoms with van der Waals surface area (Å²) < 4.78 is 17.3. The molecule has 0 unspecified atom stereocenters. The normalized spacial score (nSPS) is 14.2. The monoisotopic (exact) mass is 552 g/mol. The molecule has 3 aromatic carbocycles. The van der Waals surface area contributed by atoms with Crippen LogP contribution in [0, 0.1) is 6.92 Å². The molecule has 35 heavy (non-hydrogen) atoms. The van der Waals surface area contributed by atoms with E-state index in [9.17, 15) is 4.79 Å². The van der Waals surface area contributed by atoms with Gasteiger partial charge < -0.3 is 14.2 Å². The van der Waals surface area contributed by atoms with Crippen molar-refractivity contribution >= 4 is 57.9 Å². The predicted octanol–water partition coefficient (Wildman–Crippen LogP) is 8.49. The van der Waals surface area contributed by atoms with Crippen LogP contribution in [0.15, 0.2) is 72.5 Å². The Morgan fingerprint density at radius 2 is 1.37 bits per heavy atom. The summed E-state index contributed by atoms with van der Waals surface area (Å²) >= 11 is 21.5. The maximum Gasteiger partial charge on any atom is 0.343 e. The molecular weight excluding hydrogens is 530 g/mol. The van der Waals surface area contributed by atoms with Gasteiger partial charge >= 0.3 is 5.97 Å². The summed E-state index contributed by atoms with van der Waals surface area (Å²) in [5.41, 5.74) is 3.14. The number of esters is 1. The van der Waals surface area contributed by atoms with Gasteiger partial charge in [0.1, 0.15) is 11.3 Å². The van der Waals surface area contributed by atoms with Gasteiger partial charge in [0.05, 0.1) is 5.34 Å². The van der Waals surface area contributed by atoms with Crippen LogP contribution in [0.3, 0.4) is 0 Å². The number of carbonyl (C=O) groups is 1. The van der Waals surface area contributed by atoms with E-state index in [1.54, 1.807) is 38.1 Å². The molecule has 4 rings (SSSR count). The Labute approximate surface area is 225 Å². The van der Waals surface area contributed by atoms with Gasteiger partial charge in [-0.15, -0.1) is 23.2 Å². The Morgan fingerprint density at radius 1 is 0.829 bits per heavy atom. The van der Waals surface area contributed by atoms with Crippen LogP contribution >= 0.6 is 46.4 Å². The zero-order chi connectivity index (χ0) is 25.6. The highest BCUT2D eigenvalue weighted by molar-refractivity contribution is 6.40. The zero-order valence-corrected chi connectivity index (χ0v) is 22.4. The number of carbonyl (C=O) groups excluding carboxylic acids is 1. The third kappa shape index (κ3) is 6.86. The number of hydrogen-bond donors (Lipinski definition) is 0. The smallest absolute Gasteiger partial charge is 0.343 e. The van der Waals surface area contributed by atoms with Gasteiger partial charge in [0.25, 0.3) is 0 Å². The van der Waals surface area contributed by atoms with Crippen molar-refractivity contribution in [2.75, 3.05) is 12.1 Å². The van der Waals surface area contributed by atoms with E-state index in [0.717, 1.165) is 22.3 Å². The first kappa shape index (κ1) is 27.2. The molecule has 0 aromatic heterocycles. The van der Waals surface area contributed by atoms with Crippen LogP contribution in [-0.2, 0) is 14.3 Å².